The molecule has 2 atom stereocenters. The summed E-state index contributed by atoms with van der Waals surface area (Å²) >= 11 is 0. The van der Waals surface area contributed by atoms with E-state index in [-0.39, 0.29) is 18.3 Å². The zero-order chi connectivity index (χ0) is 11.3. The summed E-state index contributed by atoms with van der Waals surface area (Å²) in [6, 6.07) is 0.461. The lowest BCUT2D eigenvalue weighted by Gasteiger charge is -2.40. The van der Waals surface area contributed by atoms with Gasteiger partial charge in [0.25, 0.3) is 0 Å². The highest BCUT2D eigenvalue weighted by molar-refractivity contribution is 5.85. The lowest BCUT2D eigenvalue weighted by atomic mass is 9.88. The molecule has 2 N–H and O–H groups in total. The third-order valence-corrected chi connectivity index (χ3v) is 3.38. The largest absolute Gasteiger partial charge is 0.339 e. The van der Waals surface area contributed by atoms with Crippen LogP contribution in [0.4, 0.5) is 0 Å². The third-order valence-electron chi connectivity index (χ3n) is 3.38. The number of likely N-dealkylation sites (tertiary alicyclic amines) is 1. The van der Waals surface area contributed by atoms with Crippen molar-refractivity contribution in [3.63, 3.8) is 0 Å². The van der Waals surface area contributed by atoms with Crippen LogP contribution in [0.25, 0.3) is 0 Å². The summed E-state index contributed by atoms with van der Waals surface area (Å²) in [5, 5.41) is 0. The molecule has 4 heteroatoms. The first kappa shape index (κ1) is 15.7. The fourth-order valence-electron chi connectivity index (χ4n) is 2.56. The molecule has 0 aromatic rings. The van der Waals surface area contributed by atoms with Gasteiger partial charge in [-0.2, -0.15) is 0 Å². The van der Waals surface area contributed by atoms with E-state index < -0.39 is 0 Å². The monoisotopic (exact) mass is 248 g/mol. The highest BCUT2D eigenvalue weighted by Gasteiger charge is 2.30. The molecule has 0 aromatic carbocycles. The van der Waals surface area contributed by atoms with Gasteiger partial charge in [-0.05, 0) is 25.2 Å². The van der Waals surface area contributed by atoms with Crippen LogP contribution < -0.4 is 5.73 Å². The topological polar surface area (TPSA) is 46.3 Å². The quantitative estimate of drug-likeness (QED) is 0.829. The molecule has 16 heavy (non-hydrogen) atoms. The smallest absolute Gasteiger partial charge is 0.224 e. The maximum absolute atomic E-state index is 11.9. The Bertz CT molecular complexity index is 211. The van der Waals surface area contributed by atoms with Gasteiger partial charge in [0, 0.05) is 25.6 Å². The van der Waals surface area contributed by atoms with E-state index in [1.807, 2.05) is 0 Å². The standard InChI is InChI=1S/C12H24N2O.ClH/c1-3-5-11-10(2)6-4-9-14(11)12(15)7-8-13;/h10-11H,3-9,13H2,1-2H3;1H. The van der Waals surface area contributed by atoms with Crippen molar-refractivity contribution in [2.24, 2.45) is 11.7 Å². The molecule has 1 aliphatic heterocycles. The van der Waals surface area contributed by atoms with Gasteiger partial charge in [0.1, 0.15) is 0 Å². The zero-order valence-corrected chi connectivity index (χ0v) is 11.3. The lowest BCUT2D eigenvalue weighted by Crippen LogP contribution is -2.48. The number of piperidine rings is 1. The predicted molar refractivity (Wildman–Crippen MR) is 69.7 cm³/mol. The first-order chi connectivity index (χ1) is 7.20. The minimum Gasteiger partial charge on any atom is -0.339 e. The van der Waals surface area contributed by atoms with Crippen molar-refractivity contribution in [1.29, 1.82) is 0 Å². The number of nitrogens with two attached hydrogens (primary N) is 1. The van der Waals surface area contributed by atoms with E-state index >= 15 is 0 Å². The average Bonchev–Trinajstić information content (AvgIpc) is 2.21. The second kappa shape index (κ2) is 7.91. The molecule has 2 unspecified atom stereocenters. The molecule has 1 rings (SSSR count). The van der Waals surface area contributed by atoms with Crippen LogP contribution in [0.2, 0.25) is 0 Å². The van der Waals surface area contributed by atoms with Gasteiger partial charge in [-0.1, -0.05) is 20.3 Å². The van der Waals surface area contributed by atoms with E-state index in [2.05, 4.69) is 18.7 Å². The molecule has 0 bridgehead atoms. The fourth-order valence-corrected chi connectivity index (χ4v) is 2.56. The van der Waals surface area contributed by atoms with Crippen molar-refractivity contribution < 1.29 is 4.79 Å². The molecule has 0 spiro atoms. The summed E-state index contributed by atoms with van der Waals surface area (Å²) in [5.74, 6) is 0.905. The first-order valence-corrected chi connectivity index (χ1v) is 6.20. The second-order valence-corrected chi connectivity index (χ2v) is 4.60. The van der Waals surface area contributed by atoms with Gasteiger partial charge in [-0.15, -0.1) is 12.4 Å². The maximum atomic E-state index is 11.9. The molecular weight excluding hydrogens is 224 g/mol. The molecule has 1 fully saturated rings. The van der Waals surface area contributed by atoms with Gasteiger partial charge in [-0.25, -0.2) is 0 Å². The molecule has 0 aromatic heterocycles. The number of carbonyl (C=O) groups excluding carboxylic acids is 1. The van der Waals surface area contributed by atoms with E-state index in [0.717, 1.165) is 25.8 Å². The van der Waals surface area contributed by atoms with Crippen molar-refractivity contribution in [3.8, 4) is 0 Å². The average molecular weight is 249 g/mol. The minimum absolute atomic E-state index is 0. The van der Waals surface area contributed by atoms with Crippen LogP contribution in [0.15, 0.2) is 0 Å². The van der Waals surface area contributed by atoms with Gasteiger partial charge < -0.3 is 10.6 Å². The lowest BCUT2D eigenvalue weighted by molar-refractivity contribution is -0.136. The summed E-state index contributed by atoms with van der Waals surface area (Å²) in [4.78, 5) is 13.9. The van der Waals surface area contributed by atoms with E-state index in [4.69, 9.17) is 5.73 Å². The second-order valence-electron chi connectivity index (χ2n) is 4.60. The van der Waals surface area contributed by atoms with Crippen molar-refractivity contribution in [2.75, 3.05) is 13.1 Å². The SMILES string of the molecule is CCCC1C(C)CCCN1C(=O)CCN.Cl. The molecule has 96 valence electrons. The van der Waals surface area contributed by atoms with E-state index in [9.17, 15) is 4.79 Å². The molecule has 0 aliphatic carbocycles. The third kappa shape index (κ3) is 3.95. The van der Waals surface area contributed by atoms with Crippen LogP contribution in [-0.2, 0) is 4.79 Å². The molecule has 0 saturated carbocycles. The molecular formula is C12H25ClN2O. The Kier molecular flexibility index (Phi) is 7.77. The molecule has 1 heterocycles. The van der Waals surface area contributed by atoms with Gasteiger partial charge in [0.05, 0.1) is 0 Å². The highest BCUT2D eigenvalue weighted by Crippen LogP contribution is 2.26. The number of rotatable bonds is 4. The summed E-state index contributed by atoms with van der Waals surface area (Å²) in [6.45, 7) is 5.87. The van der Waals surface area contributed by atoms with Crippen LogP contribution >= 0.6 is 12.4 Å². The maximum Gasteiger partial charge on any atom is 0.224 e. The normalized spacial score (nSPS) is 25.1. The number of hydrogen-bond donors (Lipinski definition) is 1. The predicted octanol–water partition coefficient (Wildman–Crippen LogP) is 2.18. The summed E-state index contributed by atoms with van der Waals surface area (Å²) in [6.07, 6.45) is 5.21. The molecule has 3 nitrogen and oxygen atoms in total. The zero-order valence-electron chi connectivity index (χ0n) is 10.4. The molecule has 1 saturated heterocycles. The Morgan fingerprint density at radius 3 is 2.75 bits per heavy atom. The van der Waals surface area contributed by atoms with Crippen molar-refractivity contribution in [3.05, 3.63) is 0 Å². The molecule has 0 radical (unpaired) electrons. The van der Waals surface area contributed by atoms with Gasteiger partial charge >= 0.3 is 0 Å². The number of carbonyl (C=O) groups is 1. The van der Waals surface area contributed by atoms with Gasteiger partial charge in [-0.3, -0.25) is 4.79 Å². The van der Waals surface area contributed by atoms with Crippen LogP contribution in [0, 0.1) is 5.92 Å². The van der Waals surface area contributed by atoms with Gasteiger partial charge in [0.15, 0.2) is 0 Å². The van der Waals surface area contributed by atoms with Crippen LogP contribution in [0.3, 0.4) is 0 Å². The van der Waals surface area contributed by atoms with Gasteiger partial charge in [0.2, 0.25) is 5.91 Å². The summed E-state index contributed by atoms with van der Waals surface area (Å²) in [7, 11) is 0. The van der Waals surface area contributed by atoms with Crippen LogP contribution in [0.5, 0.6) is 0 Å². The summed E-state index contributed by atoms with van der Waals surface area (Å²) in [5.41, 5.74) is 5.44. The number of hydrogen-bond acceptors (Lipinski definition) is 2. The number of halogens is 1. The Morgan fingerprint density at radius 2 is 2.19 bits per heavy atom. The first-order valence-electron chi connectivity index (χ1n) is 6.20. The number of amides is 1. The number of nitrogens with zero attached hydrogens (tertiary/aromatic N) is 1. The van der Waals surface area contributed by atoms with E-state index in [1.165, 1.54) is 6.42 Å². The van der Waals surface area contributed by atoms with Crippen molar-refractivity contribution in [1.82, 2.24) is 4.90 Å². The Morgan fingerprint density at radius 1 is 1.50 bits per heavy atom. The minimum atomic E-state index is 0. The van der Waals surface area contributed by atoms with E-state index in [1.54, 1.807) is 0 Å². The fraction of sp³-hybridized carbons (Fsp3) is 0.917. The van der Waals surface area contributed by atoms with E-state index in [0.29, 0.717) is 24.9 Å². The van der Waals surface area contributed by atoms with Crippen LogP contribution in [-0.4, -0.2) is 29.9 Å². The Hall–Kier alpha value is -0.280. The van der Waals surface area contributed by atoms with Crippen molar-refractivity contribution in [2.45, 2.75) is 52.0 Å². The van der Waals surface area contributed by atoms with Crippen molar-refractivity contribution >= 4 is 18.3 Å². The molecule has 1 aliphatic rings. The molecule has 1 amide bonds. The Labute approximate surface area is 105 Å². The Balaban J connectivity index is 0.00000225. The van der Waals surface area contributed by atoms with Crippen LogP contribution in [0.1, 0.15) is 46.0 Å². The highest BCUT2D eigenvalue weighted by atomic mass is 35.5. The summed E-state index contributed by atoms with van der Waals surface area (Å²) < 4.78 is 0.